The lowest BCUT2D eigenvalue weighted by molar-refractivity contribution is 0.377. The van der Waals surface area contributed by atoms with Gasteiger partial charge in [-0.1, -0.05) is 6.08 Å². The number of hydrogen-bond donors (Lipinski definition) is 0. The zero-order chi connectivity index (χ0) is 8.27. The highest BCUT2D eigenvalue weighted by Crippen LogP contribution is 2.22. The van der Waals surface area contributed by atoms with E-state index in [1.165, 1.54) is 25.1 Å². The van der Waals surface area contributed by atoms with E-state index in [1.54, 1.807) is 5.57 Å². The summed E-state index contributed by atoms with van der Waals surface area (Å²) in [5, 5.41) is 0. The van der Waals surface area contributed by atoms with Crippen molar-refractivity contribution in [3.8, 4) is 0 Å². The Balaban J connectivity index is 2.71. The molecule has 62 valence electrons. The summed E-state index contributed by atoms with van der Waals surface area (Å²) in [4.78, 5) is 2.34. The van der Waals surface area contributed by atoms with Gasteiger partial charge in [0.1, 0.15) is 0 Å². The lowest BCUT2D eigenvalue weighted by Gasteiger charge is -2.28. The Morgan fingerprint density at radius 2 is 2.36 bits per heavy atom. The summed E-state index contributed by atoms with van der Waals surface area (Å²) in [7, 11) is 2.16. The molecule has 1 heteroatoms. The molecular formula is C10H17N. The predicted octanol–water partition coefficient (Wildman–Crippen LogP) is 2.56. The molecule has 0 aromatic carbocycles. The van der Waals surface area contributed by atoms with Crippen LogP contribution in [-0.4, -0.2) is 18.5 Å². The summed E-state index contributed by atoms with van der Waals surface area (Å²) in [5.74, 6) is 0. The van der Waals surface area contributed by atoms with Gasteiger partial charge in [-0.2, -0.15) is 0 Å². The summed E-state index contributed by atoms with van der Waals surface area (Å²) in [6.45, 7) is 7.18. The second-order valence-electron chi connectivity index (χ2n) is 3.21. The molecule has 0 aromatic heterocycles. The van der Waals surface area contributed by atoms with Gasteiger partial charge < -0.3 is 4.90 Å². The van der Waals surface area contributed by atoms with E-state index in [0.717, 1.165) is 6.42 Å². The first-order valence-corrected chi connectivity index (χ1v) is 4.26. The predicted molar refractivity (Wildman–Crippen MR) is 49.4 cm³/mol. The molecule has 0 radical (unpaired) electrons. The molecule has 0 amide bonds. The minimum atomic E-state index is 1.07. The van der Waals surface area contributed by atoms with Crippen LogP contribution >= 0.6 is 0 Å². The summed E-state index contributed by atoms with van der Waals surface area (Å²) in [5.41, 5.74) is 3.02. The average Bonchev–Trinajstić information content (AvgIpc) is 1.99. The Morgan fingerprint density at radius 3 is 3.00 bits per heavy atom. The fourth-order valence-corrected chi connectivity index (χ4v) is 1.57. The average molecular weight is 151 g/mol. The van der Waals surface area contributed by atoms with E-state index in [2.05, 4.69) is 25.5 Å². The topological polar surface area (TPSA) is 3.24 Å². The first kappa shape index (κ1) is 8.38. The van der Waals surface area contributed by atoms with Gasteiger partial charge >= 0.3 is 0 Å². The van der Waals surface area contributed by atoms with Gasteiger partial charge in [-0.25, -0.2) is 0 Å². The lowest BCUT2D eigenvalue weighted by atomic mass is 10.0. The van der Waals surface area contributed by atoms with Crippen molar-refractivity contribution >= 4 is 0 Å². The monoisotopic (exact) mass is 151 g/mol. The number of hydrogen-bond acceptors (Lipinski definition) is 1. The summed E-state index contributed by atoms with van der Waals surface area (Å²) in [6.07, 6.45) is 5.63. The van der Waals surface area contributed by atoms with E-state index in [4.69, 9.17) is 0 Å². The van der Waals surface area contributed by atoms with E-state index in [1.807, 2.05) is 6.08 Å². The third kappa shape index (κ3) is 1.86. The normalized spacial score (nSPS) is 18.9. The van der Waals surface area contributed by atoms with E-state index in [0.29, 0.717) is 0 Å². The largest absolute Gasteiger partial charge is 0.378 e. The van der Waals surface area contributed by atoms with Crippen molar-refractivity contribution < 1.29 is 0 Å². The minimum Gasteiger partial charge on any atom is -0.378 e. The molecule has 0 saturated heterocycles. The lowest BCUT2D eigenvalue weighted by Crippen LogP contribution is -2.23. The Kier molecular flexibility index (Phi) is 2.75. The quantitative estimate of drug-likeness (QED) is 0.548. The molecule has 0 unspecified atom stereocenters. The molecule has 1 rings (SSSR count). The third-order valence-corrected chi connectivity index (χ3v) is 2.45. The standard InChI is InChI=1S/C10H17N/c1-4-6-10-7-5-8-11(3)9(10)2/h4H,1,5-8H2,2-3H3. The molecule has 11 heavy (non-hydrogen) atoms. The van der Waals surface area contributed by atoms with Crippen molar-refractivity contribution in [1.29, 1.82) is 0 Å². The molecule has 0 bridgehead atoms. The van der Waals surface area contributed by atoms with Crippen LogP contribution in [0.4, 0.5) is 0 Å². The van der Waals surface area contributed by atoms with E-state index in [9.17, 15) is 0 Å². The summed E-state index contributed by atoms with van der Waals surface area (Å²) < 4.78 is 0. The van der Waals surface area contributed by atoms with Gasteiger partial charge in [-0.05, 0) is 31.8 Å². The molecule has 1 nitrogen and oxygen atoms in total. The Labute approximate surface area is 69.4 Å². The molecule has 0 saturated carbocycles. The van der Waals surface area contributed by atoms with Crippen molar-refractivity contribution in [3.63, 3.8) is 0 Å². The van der Waals surface area contributed by atoms with Crippen LogP contribution in [0.5, 0.6) is 0 Å². The second kappa shape index (κ2) is 3.61. The maximum absolute atomic E-state index is 3.76. The maximum atomic E-state index is 3.76. The van der Waals surface area contributed by atoms with Crippen LogP contribution < -0.4 is 0 Å². The number of allylic oxidation sites excluding steroid dienone is 3. The van der Waals surface area contributed by atoms with Crippen LogP contribution in [0.1, 0.15) is 26.2 Å². The van der Waals surface area contributed by atoms with Crippen molar-refractivity contribution in [2.24, 2.45) is 0 Å². The maximum Gasteiger partial charge on any atom is 0.0174 e. The van der Waals surface area contributed by atoms with Gasteiger partial charge in [-0.15, -0.1) is 6.58 Å². The van der Waals surface area contributed by atoms with Crippen LogP contribution in [0.2, 0.25) is 0 Å². The molecule has 1 aliphatic heterocycles. The Hall–Kier alpha value is -0.720. The molecule has 0 aromatic rings. The van der Waals surface area contributed by atoms with Crippen molar-refractivity contribution in [1.82, 2.24) is 4.90 Å². The molecule has 0 spiro atoms. The molecule has 0 aliphatic carbocycles. The molecule has 0 atom stereocenters. The number of nitrogens with zero attached hydrogens (tertiary/aromatic N) is 1. The fraction of sp³-hybridized carbons (Fsp3) is 0.600. The smallest absolute Gasteiger partial charge is 0.0174 e. The molecule has 1 heterocycles. The van der Waals surface area contributed by atoms with E-state index < -0.39 is 0 Å². The van der Waals surface area contributed by atoms with Crippen LogP contribution in [0.25, 0.3) is 0 Å². The highest BCUT2D eigenvalue weighted by Gasteiger charge is 2.11. The first-order valence-electron chi connectivity index (χ1n) is 4.26. The zero-order valence-corrected chi connectivity index (χ0v) is 7.56. The summed E-state index contributed by atoms with van der Waals surface area (Å²) in [6, 6.07) is 0. The Bertz CT molecular complexity index is 179. The van der Waals surface area contributed by atoms with Crippen LogP contribution in [-0.2, 0) is 0 Å². The van der Waals surface area contributed by atoms with Gasteiger partial charge in [0.05, 0.1) is 0 Å². The molecule has 0 fully saturated rings. The zero-order valence-electron chi connectivity index (χ0n) is 7.56. The van der Waals surface area contributed by atoms with Crippen LogP contribution in [0.15, 0.2) is 23.9 Å². The van der Waals surface area contributed by atoms with Gasteiger partial charge in [0.2, 0.25) is 0 Å². The van der Waals surface area contributed by atoms with Crippen molar-refractivity contribution in [3.05, 3.63) is 23.9 Å². The van der Waals surface area contributed by atoms with Crippen molar-refractivity contribution in [2.75, 3.05) is 13.6 Å². The first-order chi connectivity index (χ1) is 5.25. The highest BCUT2D eigenvalue weighted by atomic mass is 15.1. The van der Waals surface area contributed by atoms with Gasteiger partial charge in [0.25, 0.3) is 0 Å². The third-order valence-electron chi connectivity index (χ3n) is 2.45. The SMILES string of the molecule is C=CCC1=C(C)N(C)CCC1. The van der Waals surface area contributed by atoms with Gasteiger partial charge in [-0.3, -0.25) is 0 Å². The van der Waals surface area contributed by atoms with Gasteiger partial charge in [0.15, 0.2) is 0 Å². The van der Waals surface area contributed by atoms with E-state index in [-0.39, 0.29) is 0 Å². The molecule has 0 N–H and O–H groups in total. The Morgan fingerprint density at radius 1 is 1.64 bits per heavy atom. The molecule has 1 aliphatic rings. The minimum absolute atomic E-state index is 1.07. The van der Waals surface area contributed by atoms with Crippen molar-refractivity contribution in [2.45, 2.75) is 26.2 Å². The second-order valence-corrected chi connectivity index (χ2v) is 3.21. The number of rotatable bonds is 2. The fourth-order valence-electron chi connectivity index (χ4n) is 1.57. The van der Waals surface area contributed by atoms with Gasteiger partial charge in [0, 0.05) is 19.3 Å². The summed E-state index contributed by atoms with van der Waals surface area (Å²) >= 11 is 0. The van der Waals surface area contributed by atoms with Crippen LogP contribution in [0.3, 0.4) is 0 Å². The molecular weight excluding hydrogens is 134 g/mol. The highest BCUT2D eigenvalue weighted by molar-refractivity contribution is 5.16. The van der Waals surface area contributed by atoms with E-state index >= 15 is 0 Å². The van der Waals surface area contributed by atoms with Crippen LogP contribution in [0, 0.1) is 0 Å².